The molecule has 3 rings (SSSR count). The molecule has 0 aliphatic carbocycles. The standard InChI is InChI=1S/C21H32N4O2/c1-22-21(24-18-9-13-25(14-10-18)12-5-15-26-2)23-11-8-19-16-17-6-3-4-7-20(17)27-19/h3-4,6-7,16,18H,5,8-15H2,1-2H3,(H2,22,23,24). The normalized spacial score (nSPS) is 16.7. The van der Waals surface area contributed by atoms with Crippen molar-refractivity contribution < 1.29 is 9.15 Å². The van der Waals surface area contributed by atoms with Gasteiger partial charge in [-0.3, -0.25) is 4.99 Å². The van der Waals surface area contributed by atoms with Gasteiger partial charge in [0.15, 0.2) is 5.96 Å². The number of likely N-dealkylation sites (tertiary alicyclic amines) is 1. The molecular formula is C21H32N4O2. The topological polar surface area (TPSA) is 62.0 Å². The minimum Gasteiger partial charge on any atom is -0.461 e. The molecule has 1 saturated heterocycles. The number of piperidine rings is 1. The second kappa shape index (κ2) is 10.3. The molecule has 1 aliphatic rings. The molecule has 1 aromatic heterocycles. The number of hydrogen-bond acceptors (Lipinski definition) is 4. The van der Waals surface area contributed by atoms with Crippen LogP contribution < -0.4 is 10.6 Å². The van der Waals surface area contributed by atoms with E-state index in [0.29, 0.717) is 6.04 Å². The van der Waals surface area contributed by atoms with Crippen LogP contribution in [0, 0.1) is 0 Å². The van der Waals surface area contributed by atoms with E-state index in [-0.39, 0.29) is 0 Å². The van der Waals surface area contributed by atoms with Crippen LogP contribution in [-0.2, 0) is 11.2 Å². The third-order valence-corrected chi connectivity index (χ3v) is 5.12. The molecular weight excluding hydrogens is 340 g/mol. The van der Waals surface area contributed by atoms with Crippen molar-refractivity contribution in [1.82, 2.24) is 15.5 Å². The van der Waals surface area contributed by atoms with Crippen LogP contribution in [0.1, 0.15) is 25.0 Å². The van der Waals surface area contributed by atoms with Gasteiger partial charge in [0.25, 0.3) is 0 Å². The van der Waals surface area contributed by atoms with Gasteiger partial charge in [-0.05, 0) is 31.4 Å². The Bertz CT molecular complexity index is 687. The molecule has 2 aromatic rings. The number of hydrogen-bond donors (Lipinski definition) is 2. The van der Waals surface area contributed by atoms with Gasteiger partial charge in [-0.1, -0.05) is 18.2 Å². The molecule has 0 spiro atoms. The van der Waals surface area contributed by atoms with Crippen LogP contribution in [0.4, 0.5) is 0 Å². The van der Waals surface area contributed by atoms with E-state index >= 15 is 0 Å². The van der Waals surface area contributed by atoms with Gasteiger partial charge in [-0.15, -0.1) is 0 Å². The zero-order chi connectivity index (χ0) is 18.9. The number of guanidine groups is 1. The van der Waals surface area contributed by atoms with Gasteiger partial charge in [0.2, 0.25) is 0 Å². The summed E-state index contributed by atoms with van der Waals surface area (Å²) in [6, 6.07) is 10.7. The van der Waals surface area contributed by atoms with Gasteiger partial charge < -0.3 is 24.7 Å². The SMILES string of the molecule is CN=C(NCCc1cc2ccccc2o1)NC1CCN(CCCOC)CC1. The Morgan fingerprint density at radius 3 is 2.85 bits per heavy atom. The summed E-state index contributed by atoms with van der Waals surface area (Å²) in [6.07, 6.45) is 4.25. The number of methoxy groups -OCH3 is 1. The highest BCUT2D eigenvalue weighted by atomic mass is 16.5. The Morgan fingerprint density at radius 2 is 2.11 bits per heavy atom. The van der Waals surface area contributed by atoms with E-state index in [1.807, 2.05) is 25.2 Å². The molecule has 27 heavy (non-hydrogen) atoms. The average Bonchev–Trinajstić information content (AvgIpc) is 3.11. The summed E-state index contributed by atoms with van der Waals surface area (Å²) in [5, 5.41) is 8.13. The van der Waals surface area contributed by atoms with Crippen LogP contribution in [-0.4, -0.2) is 63.8 Å². The van der Waals surface area contributed by atoms with Gasteiger partial charge in [0.05, 0.1) is 0 Å². The lowest BCUT2D eigenvalue weighted by Gasteiger charge is -2.33. The second-order valence-corrected chi connectivity index (χ2v) is 7.11. The lowest BCUT2D eigenvalue weighted by molar-refractivity contribution is 0.155. The third-order valence-electron chi connectivity index (χ3n) is 5.12. The molecule has 0 saturated carbocycles. The minimum absolute atomic E-state index is 0.487. The quantitative estimate of drug-likeness (QED) is 0.424. The molecule has 0 amide bonds. The number of ether oxygens (including phenoxy) is 1. The molecule has 0 bridgehead atoms. The first-order valence-corrected chi connectivity index (χ1v) is 9.94. The van der Waals surface area contributed by atoms with Gasteiger partial charge >= 0.3 is 0 Å². The fourth-order valence-electron chi connectivity index (χ4n) is 3.59. The van der Waals surface area contributed by atoms with Crippen LogP contribution in [0.5, 0.6) is 0 Å². The second-order valence-electron chi connectivity index (χ2n) is 7.11. The fraction of sp³-hybridized carbons (Fsp3) is 0.571. The molecule has 0 atom stereocenters. The number of fused-ring (bicyclic) bond motifs is 1. The van der Waals surface area contributed by atoms with Crippen molar-refractivity contribution in [2.45, 2.75) is 31.7 Å². The molecule has 2 heterocycles. The monoisotopic (exact) mass is 372 g/mol. The number of aliphatic imine (C=N–C) groups is 1. The fourth-order valence-corrected chi connectivity index (χ4v) is 3.59. The Morgan fingerprint density at radius 1 is 1.30 bits per heavy atom. The van der Waals surface area contributed by atoms with Crippen LogP contribution >= 0.6 is 0 Å². The number of para-hydroxylation sites is 1. The van der Waals surface area contributed by atoms with E-state index in [0.717, 1.165) is 81.2 Å². The molecule has 6 nitrogen and oxygen atoms in total. The first-order valence-electron chi connectivity index (χ1n) is 9.94. The zero-order valence-electron chi connectivity index (χ0n) is 16.5. The van der Waals surface area contributed by atoms with E-state index in [4.69, 9.17) is 9.15 Å². The minimum atomic E-state index is 0.487. The summed E-state index contributed by atoms with van der Waals surface area (Å²) in [5.41, 5.74) is 0.951. The number of furan rings is 1. The highest BCUT2D eigenvalue weighted by molar-refractivity contribution is 5.80. The van der Waals surface area contributed by atoms with E-state index in [9.17, 15) is 0 Å². The summed E-state index contributed by atoms with van der Waals surface area (Å²) >= 11 is 0. The summed E-state index contributed by atoms with van der Waals surface area (Å²) in [4.78, 5) is 6.89. The maximum atomic E-state index is 5.87. The largest absolute Gasteiger partial charge is 0.461 e. The highest BCUT2D eigenvalue weighted by Crippen LogP contribution is 2.18. The van der Waals surface area contributed by atoms with Gasteiger partial charge in [-0.2, -0.15) is 0 Å². The molecule has 1 aliphatic heterocycles. The highest BCUT2D eigenvalue weighted by Gasteiger charge is 2.19. The predicted molar refractivity (Wildman–Crippen MR) is 110 cm³/mol. The van der Waals surface area contributed by atoms with Crippen molar-refractivity contribution in [3.05, 3.63) is 36.1 Å². The van der Waals surface area contributed by atoms with Crippen molar-refractivity contribution in [2.75, 3.05) is 46.9 Å². The predicted octanol–water partition coefficient (Wildman–Crippen LogP) is 2.64. The van der Waals surface area contributed by atoms with Crippen LogP contribution in [0.3, 0.4) is 0 Å². The average molecular weight is 373 g/mol. The Balaban J connectivity index is 1.37. The summed E-state index contributed by atoms with van der Waals surface area (Å²) in [6.45, 7) is 5.05. The Labute approximate surface area is 162 Å². The smallest absolute Gasteiger partial charge is 0.191 e. The Kier molecular flexibility index (Phi) is 7.54. The first kappa shape index (κ1) is 19.7. The van der Waals surface area contributed by atoms with Crippen molar-refractivity contribution >= 4 is 16.9 Å². The maximum Gasteiger partial charge on any atom is 0.191 e. The molecule has 148 valence electrons. The van der Waals surface area contributed by atoms with E-state index in [2.05, 4.69) is 32.7 Å². The molecule has 1 fully saturated rings. The number of nitrogens with zero attached hydrogens (tertiary/aromatic N) is 2. The van der Waals surface area contributed by atoms with Crippen molar-refractivity contribution in [3.63, 3.8) is 0 Å². The zero-order valence-corrected chi connectivity index (χ0v) is 16.5. The summed E-state index contributed by atoms with van der Waals surface area (Å²) < 4.78 is 11.0. The van der Waals surface area contributed by atoms with Crippen molar-refractivity contribution in [2.24, 2.45) is 4.99 Å². The van der Waals surface area contributed by atoms with Gasteiger partial charge in [-0.25, -0.2) is 0 Å². The van der Waals surface area contributed by atoms with Crippen molar-refractivity contribution in [1.29, 1.82) is 0 Å². The number of nitrogens with one attached hydrogen (secondary N) is 2. The summed E-state index contributed by atoms with van der Waals surface area (Å²) in [7, 11) is 3.60. The third kappa shape index (κ3) is 5.97. The molecule has 1 aromatic carbocycles. The molecule has 0 radical (unpaired) electrons. The first-order chi connectivity index (χ1) is 13.3. The van der Waals surface area contributed by atoms with Crippen LogP contribution in [0.2, 0.25) is 0 Å². The molecule has 2 N–H and O–H groups in total. The number of rotatable bonds is 8. The van der Waals surface area contributed by atoms with E-state index < -0.39 is 0 Å². The summed E-state index contributed by atoms with van der Waals surface area (Å²) in [5.74, 6) is 1.88. The van der Waals surface area contributed by atoms with E-state index in [1.54, 1.807) is 7.11 Å². The van der Waals surface area contributed by atoms with Crippen LogP contribution in [0.15, 0.2) is 39.7 Å². The number of benzene rings is 1. The van der Waals surface area contributed by atoms with Gasteiger partial charge in [0.1, 0.15) is 11.3 Å². The lowest BCUT2D eigenvalue weighted by Crippen LogP contribution is -2.49. The van der Waals surface area contributed by atoms with Crippen LogP contribution in [0.25, 0.3) is 11.0 Å². The molecule has 6 heteroatoms. The Hall–Kier alpha value is -2.05. The van der Waals surface area contributed by atoms with E-state index in [1.165, 1.54) is 0 Å². The maximum absolute atomic E-state index is 5.87. The van der Waals surface area contributed by atoms with Gasteiger partial charge in [0, 0.05) is 64.8 Å². The molecule has 0 unspecified atom stereocenters. The van der Waals surface area contributed by atoms with Crippen molar-refractivity contribution in [3.8, 4) is 0 Å². The lowest BCUT2D eigenvalue weighted by atomic mass is 10.1.